The van der Waals surface area contributed by atoms with Gasteiger partial charge in [0.15, 0.2) is 0 Å². The van der Waals surface area contributed by atoms with Gasteiger partial charge < -0.3 is 5.32 Å². The van der Waals surface area contributed by atoms with E-state index in [0.717, 1.165) is 13.0 Å². The predicted octanol–water partition coefficient (Wildman–Crippen LogP) is 1.20. The predicted molar refractivity (Wildman–Crippen MR) is 70.0 cm³/mol. The van der Waals surface area contributed by atoms with Gasteiger partial charge >= 0.3 is 0 Å². The van der Waals surface area contributed by atoms with Crippen LogP contribution in [-0.2, 0) is 10.0 Å². The topological polar surface area (TPSA) is 58.2 Å². The van der Waals surface area contributed by atoms with Crippen LogP contribution in [0.2, 0.25) is 0 Å². The van der Waals surface area contributed by atoms with E-state index in [-0.39, 0.29) is 23.3 Å². The second-order valence-corrected chi connectivity index (χ2v) is 5.93. The fourth-order valence-electron chi connectivity index (χ4n) is 1.86. The standard InChI is InChI=1S/C11H15FN2O2S.ClH/c1-8-2-3-11(10(12)6-8)17(15,16)14-9-4-5-13-7-9;/h2-3,6,9,13-14H,4-5,7H2,1H3;1H. The molecule has 1 unspecified atom stereocenters. The molecule has 0 aromatic heterocycles. The summed E-state index contributed by atoms with van der Waals surface area (Å²) in [5.41, 5.74) is 0.698. The van der Waals surface area contributed by atoms with Crippen molar-refractivity contribution in [3.8, 4) is 0 Å². The van der Waals surface area contributed by atoms with Crippen LogP contribution in [0.15, 0.2) is 23.1 Å². The van der Waals surface area contributed by atoms with Gasteiger partial charge in [0, 0.05) is 12.6 Å². The van der Waals surface area contributed by atoms with Crippen LogP contribution in [0.4, 0.5) is 4.39 Å². The molecule has 1 aliphatic rings. The lowest BCUT2D eigenvalue weighted by Crippen LogP contribution is -2.36. The van der Waals surface area contributed by atoms with E-state index in [2.05, 4.69) is 10.0 Å². The molecule has 0 bridgehead atoms. The number of rotatable bonds is 3. The summed E-state index contributed by atoms with van der Waals surface area (Å²) in [6.07, 6.45) is 0.729. The van der Waals surface area contributed by atoms with Gasteiger partial charge in [-0.05, 0) is 37.6 Å². The molecule has 2 N–H and O–H groups in total. The fourth-order valence-corrected chi connectivity index (χ4v) is 3.19. The van der Waals surface area contributed by atoms with E-state index in [9.17, 15) is 12.8 Å². The largest absolute Gasteiger partial charge is 0.315 e. The molecule has 2 rings (SSSR count). The van der Waals surface area contributed by atoms with Crippen LogP contribution < -0.4 is 10.0 Å². The van der Waals surface area contributed by atoms with Crippen molar-refractivity contribution in [2.45, 2.75) is 24.3 Å². The molecule has 0 spiro atoms. The third-order valence-corrected chi connectivity index (χ3v) is 4.31. The summed E-state index contributed by atoms with van der Waals surface area (Å²) in [5, 5.41) is 3.05. The molecule has 1 aromatic carbocycles. The highest BCUT2D eigenvalue weighted by atomic mass is 35.5. The van der Waals surface area contributed by atoms with E-state index in [4.69, 9.17) is 0 Å². The Kier molecular flexibility index (Phi) is 5.10. The minimum Gasteiger partial charge on any atom is -0.315 e. The van der Waals surface area contributed by atoms with Gasteiger partial charge in [0.25, 0.3) is 0 Å². The molecule has 0 radical (unpaired) electrons. The molecule has 4 nitrogen and oxygen atoms in total. The zero-order chi connectivity index (χ0) is 12.5. The van der Waals surface area contributed by atoms with Crippen molar-refractivity contribution in [3.63, 3.8) is 0 Å². The molecular weight excluding hydrogens is 279 g/mol. The summed E-state index contributed by atoms with van der Waals surface area (Å²) in [7, 11) is -3.76. The third-order valence-electron chi connectivity index (χ3n) is 2.76. The fraction of sp³-hybridized carbons (Fsp3) is 0.455. The zero-order valence-corrected chi connectivity index (χ0v) is 11.6. The summed E-state index contributed by atoms with van der Waals surface area (Å²) in [6, 6.07) is 3.96. The number of halogens is 2. The Morgan fingerprint density at radius 2 is 2.17 bits per heavy atom. The Balaban J connectivity index is 0.00000162. The highest BCUT2D eigenvalue weighted by Crippen LogP contribution is 2.16. The maximum absolute atomic E-state index is 13.6. The lowest BCUT2D eigenvalue weighted by Gasteiger charge is -2.12. The Morgan fingerprint density at radius 3 is 2.72 bits per heavy atom. The lowest BCUT2D eigenvalue weighted by molar-refractivity contribution is 0.542. The monoisotopic (exact) mass is 294 g/mol. The molecule has 0 saturated carbocycles. The Bertz CT molecular complexity index is 516. The first-order valence-corrected chi connectivity index (χ1v) is 6.96. The van der Waals surface area contributed by atoms with E-state index in [1.807, 2.05) is 0 Å². The summed E-state index contributed by atoms with van der Waals surface area (Å²) in [6.45, 7) is 3.09. The van der Waals surface area contributed by atoms with Crippen molar-refractivity contribution < 1.29 is 12.8 Å². The molecule has 1 saturated heterocycles. The highest BCUT2D eigenvalue weighted by molar-refractivity contribution is 7.89. The smallest absolute Gasteiger partial charge is 0.243 e. The number of benzene rings is 1. The van der Waals surface area contributed by atoms with E-state index >= 15 is 0 Å². The van der Waals surface area contributed by atoms with E-state index in [0.29, 0.717) is 12.1 Å². The number of nitrogens with one attached hydrogen (secondary N) is 2. The quantitative estimate of drug-likeness (QED) is 0.881. The van der Waals surface area contributed by atoms with Crippen LogP contribution in [0, 0.1) is 12.7 Å². The molecule has 7 heteroatoms. The number of hydrogen-bond donors (Lipinski definition) is 2. The second-order valence-electron chi connectivity index (χ2n) is 4.24. The number of aryl methyl sites for hydroxylation is 1. The van der Waals surface area contributed by atoms with Gasteiger partial charge in [0.1, 0.15) is 10.7 Å². The van der Waals surface area contributed by atoms with Crippen molar-refractivity contribution in [2.24, 2.45) is 0 Å². The van der Waals surface area contributed by atoms with Crippen molar-refractivity contribution in [1.82, 2.24) is 10.0 Å². The van der Waals surface area contributed by atoms with E-state index in [1.54, 1.807) is 13.0 Å². The molecule has 0 amide bonds. The molecular formula is C11H16ClFN2O2S. The van der Waals surface area contributed by atoms with Crippen LogP contribution in [0.5, 0.6) is 0 Å². The first kappa shape index (κ1) is 15.4. The van der Waals surface area contributed by atoms with Crippen molar-refractivity contribution in [2.75, 3.05) is 13.1 Å². The number of sulfonamides is 1. The molecule has 1 aromatic rings. The summed E-state index contributed by atoms with van der Waals surface area (Å²) in [5.74, 6) is -0.705. The first-order valence-electron chi connectivity index (χ1n) is 5.48. The molecule has 1 atom stereocenters. The van der Waals surface area contributed by atoms with Gasteiger partial charge in [-0.25, -0.2) is 17.5 Å². The van der Waals surface area contributed by atoms with Crippen molar-refractivity contribution in [3.05, 3.63) is 29.6 Å². The average molecular weight is 295 g/mol. The number of hydrogen-bond acceptors (Lipinski definition) is 3. The third kappa shape index (κ3) is 3.41. The lowest BCUT2D eigenvalue weighted by atomic mass is 10.2. The molecule has 0 aliphatic carbocycles. The average Bonchev–Trinajstić information content (AvgIpc) is 2.68. The molecule has 18 heavy (non-hydrogen) atoms. The van der Waals surface area contributed by atoms with Crippen LogP contribution in [0.25, 0.3) is 0 Å². The first-order chi connectivity index (χ1) is 7.99. The SMILES string of the molecule is Cc1ccc(S(=O)(=O)NC2CCNC2)c(F)c1.Cl. The second kappa shape index (κ2) is 5.97. The van der Waals surface area contributed by atoms with Gasteiger partial charge in [-0.15, -0.1) is 12.4 Å². The summed E-state index contributed by atoms with van der Waals surface area (Å²) in [4.78, 5) is -0.282. The van der Waals surface area contributed by atoms with Crippen molar-refractivity contribution in [1.29, 1.82) is 0 Å². The maximum Gasteiger partial charge on any atom is 0.243 e. The van der Waals surface area contributed by atoms with Gasteiger partial charge in [-0.2, -0.15) is 0 Å². The Morgan fingerprint density at radius 1 is 1.44 bits per heavy atom. The molecule has 1 aliphatic heterocycles. The van der Waals surface area contributed by atoms with Gasteiger partial charge in [0.2, 0.25) is 10.0 Å². The summed E-state index contributed by atoms with van der Waals surface area (Å²) >= 11 is 0. The Labute approximate surface area is 112 Å². The molecule has 102 valence electrons. The zero-order valence-electron chi connectivity index (χ0n) is 9.94. The van der Waals surface area contributed by atoms with Crippen LogP contribution in [-0.4, -0.2) is 27.5 Å². The minimum absolute atomic E-state index is 0. The molecule has 1 heterocycles. The minimum atomic E-state index is -3.76. The normalized spacial score (nSPS) is 19.6. The Hall–Kier alpha value is -0.690. The van der Waals surface area contributed by atoms with E-state index in [1.165, 1.54) is 12.1 Å². The van der Waals surface area contributed by atoms with Gasteiger partial charge in [-0.1, -0.05) is 6.07 Å². The van der Waals surface area contributed by atoms with E-state index < -0.39 is 15.8 Å². The highest BCUT2D eigenvalue weighted by Gasteiger charge is 2.24. The molecule has 1 fully saturated rings. The van der Waals surface area contributed by atoms with Crippen LogP contribution >= 0.6 is 12.4 Å². The van der Waals surface area contributed by atoms with Gasteiger partial charge in [-0.3, -0.25) is 0 Å². The summed E-state index contributed by atoms with van der Waals surface area (Å²) < 4.78 is 40.0. The van der Waals surface area contributed by atoms with Crippen LogP contribution in [0.3, 0.4) is 0 Å². The van der Waals surface area contributed by atoms with Gasteiger partial charge in [0.05, 0.1) is 0 Å². The maximum atomic E-state index is 13.6. The van der Waals surface area contributed by atoms with Crippen LogP contribution in [0.1, 0.15) is 12.0 Å². The van der Waals surface area contributed by atoms with Crippen molar-refractivity contribution >= 4 is 22.4 Å².